The average molecular weight is 580 g/mol. The van der Waals surface area contributed by atoms with Gasteiger partial charge in [0.1, 0.15) is 24.3 Å². The van der Waals surface area contributed by atoms with Crippen molar-refractivity contribution in [1.29, 1.82) is 0 Å². The minimum Gasteiger partial charge on any atom is -0.496 e. The Balaban J connectivity index is 1.31. The molecule has 2 aliphatic rings. The zero-order valence-corrected chi connectivity index (χ0v) is 24.5. The fraction of sp³-hybridized carbons (Fsp3) is 0.235. The lowest BCUT2D eigenvalue weighted by Gasteiger charge is -2.38. The van der Waals surface area contributed by atoms with Crippen molar-refractivity contribution in [1.82, 2.24) is 4.90 Å². The average Bonchev–Trinajstić information content (AvgIpc) is 3.46. The molecule has 43 heavy (non-hydrogen) atoms. The molecule has 6 rings (SSSR count). The molecule has 9 heteroatoms. The Morgan fingerprint density at radius 1 is 1.00 bits per heavy atom. The maximum atomic E-state index is 13.9. The van der Waals surface area contributed by atoms with E-state index in [0.717, 1.165) is 44.9 Å². The first-order chi connectivity index (χ1) is 20.8. The second-order valence-corrected chi connectivity index (χ2v) is 10.7. The summed E-state index contributed by atoms with van der Waals surface area (Å²) >= 11 is 0. The van der Waals surface area contributed by atoms with Crippen molar-refractivity contribution in [2.75, 3.05) is 24.5 Å². The third-order valence-electron chi connectivity index (χ3n) is 7.59. The number of hydrogen-bond acceptors (Lipinski definition) is 7. The standard InChI is InChI=1S/C34H33N3O6/c1-20-13-26(35-22(3)38)14-21(2)32(20)41-18-25-16-24(10-12-29(25)40-4)33-36-28-8-6-5-7-27(28)34(39)37(33)17-23-9-11-30-31(15-23)43-19-42-30/h5-16,33,36H,17-19H2,1-4H3,(H,35,38). The van der Waals surface area contributed by atoms with E-state index in [1.807, 2.05) is 91.5 Å². The summed E-state index contributed by atoms with van der Waals surface area (Å²) in [4.78, 5) is 27.2. The molecule has 9 nitrogen and oxygen atoms in total. The highest BCUT2D eigenvalue weighted by Crippen LogP contribution is 2.38. The minimum absolute atomic E-state index is 0.0730. The van der Waals surface area contributed by atoms with Gasteiger partial charge in [-0.2, -0.15) is 0 Å². The van der Waals surface area contributed by atoms with Crippen LogP contribution < -0.4 is 29.6 Å². The van der Waals surface area contributed by atoms with Crippen molar-refractivity contribution in [2.45, 2.75) is 40.1 Å². The molecular weight excluding hydrogens is 546 g/mol. The van der Waals surface area contributed by atoms with Gasteiger partial charge < -0.3 is 34.5 Å². The zero-order valence-electron chi connectivity index (χ0n) is 24.5. The van der Waals surface area contributed by atoms with Crippen molar-refractivity contribution in [3.8, 4) is 23.0 Å². The summed E-state index contributed by atoms with van der Waals surface area (Å²) in [7, 11) is 1.63. The van der Waals surface area contributed by atoms with Crippen LogP contribution in [-0.4, -0.2) is 30.6 Å². The Morgan fingerprint density at radius 3 is 2.53 bits per heavy atom. The molecule has 0 saturated heterocycles. The van der Waals surface area contributed by atoms with Gasteiger partial charge in [0.05, 0.1) is 12.7 Å². The van der Waals surface area contributed by atoms with Crippen molar-refractivity contribution in [2.24, 2.45) is 0 Å². The highest BCUT2D eigenvalue weighted by atomic mass is 16.7. The minimum atomic E-state index is -0.446. The fourth-order valence-corrected chi connectivity index (χ4v) is 5.64. The van der Waals surface area contributed by atoms with E-state index < -0.39 is 6.17 Å². The van der Waals surface area contributed by atoms with Crippen molar-refractivity contribution >= 4 is 23.2 Å². The van der Waals surface area contributed by atoms with E-state index in [1.54, 1.807) is 7.11 Å². The van der Waals surface area contributed by atoms with E-state index in [4.69, 9.17) is 18.9 Å². The molecule has 2 amide bonds. The van der Waals surface area contributed by atoms with Gasteiger partial charge in [0.15, 0.2) is 11.5 Å². The number of fused-ring (bicyclic) bond motifs is 2. The largest absolute Gasteiger partial charge is 0.496 e. The molecule has 0 saturated carbocycles. The number of rotatable bonds is 8. The number of carbonyl (C=O) groups is 2. The number of methoxy groups -OCH3 is 1. The summed E-state index contributed by atoms with van der Waals surface area (Å²) in [6.45, 7) is 6.18. The van der Waals surface area contributed by atoms with Gasteiger partial charge in [-0.1, -0.05) is 24.3 Å². The number of benzene rings is 4. The van der Waals surface area contributed by atoms with Gasteiger partial charge in [0.25, 0.3) is 5.91 Å². The molecule has 4 aromatic carbocycles. The highest BCUT2D eigenvalue weighted by molar-refractivity contribution is 6.01. The third-order valence-corrected chi connectivity index (χ3v) is 7.59. The molecule has 0 fully saturated rings. The maximum Gasteiger partial charge on any atom is 0.258 e. The van der Waals surface area contributed by atoms with Gasteiger partial charge in [-0.3, -0.25) is 9.59 Å². The number of anilines is 2. The van der Waals surface area contributed by atoms with Crippen LogP contribution in [0.1, 0.15) is 51.3 Å². The van der Waals surface area contributed by atoms with Crippen LogP contribution in [0.25, 0.3) is 0 Å². The molecule has 4 aromatic rings. The predicted molar refractivity (Wildman–Crippen MR) is 163 cm³/mol. The van der Waals surface area contributed by atoms with Crippen LogP contribution in [-0.2, 0) is 17.9 Å². The molecule has 2 aliphatic heterocycles. The summed E-state index contributed by atoms with van der Waals surface area (Å²) in [5.74, 6) is 2.59. The van der Waals surface area contributed by atoms with Crippen LogP contribution in [0.4, 0.5) is 11.4 Å². The van der Waals surface area contributed by atoms with Crippen LogP contribution in [0.15, 0.2) is 72.8 Å². The summed E-state index contributed by atoms with van der Waals surface area (Å²) in [6, 6.07) is 22.9. The molecule has 0 bridgehead atoms. The second kappa shape index (κ2) is 11.6. The van der Waals surface area contributed by atoms with Crippen LogP contribution in [0.3, 0.4) is 0 Å². The lowest BCUT2D eigenvalue weighted by atomic mass is 10.0. The lowest BCUT2D eigenvalue weighted by Crippen LogP contribution is -2.42. The molecule has 0 spiro atoms. The first kappa shape index (κ1) is 28.0. The molecule has 2 heterocycles. The monoisotopic (exact) mass is 579 g/mol. The Bertz CT molecular complexity index is 1700. The first-order valence-electron chi connectivity index (χ1n) is 14.0. The number of amides is 2. The Hall–Kier alpha value is -5.18. The van der Waals surface area contributed by atoms with Crippen LogP contribution in [0, 0.1) is 13.8 Å². The topological polar surface area (TPSA) is 98.4 Å². The first-order valence-corrected chi connectivity index (χ1v) is 14.0. The molecule has 0 aromatic heterocycles. The number of aryl methyl sites for hydroxylation is 2. The Labute approximate surface area is 250 Å². The number of para-hydroxylation sites is 1. The van der Waals surface area contributed by atoms with Crippen LogP contribution in [0.5, 0.6) is 23.0 Å². The Kier molecular flexibility index (Phi) is 7.54. The predicted octanol–water partition coefficient (Wildman–Crippen LogP) is 6.34. The zero-order chi connectivity index (χ0) is 30.1. The fourth-order valence-electron chi connectivity index (χ4n) is 5.64. The molecular formula is C34H33N3O6. The molecule has 1 unspecified atom stereocenters. The molecule has 2 N–H and O–H groups in total. The number of nitrogens with zero attached hydrogens (tertiary/aromatic N) is 1. The van der Waals surface area contributed by atoms with Gasteiger partial charge in [0, 0.05) is 30.4 Å². The summed E-state index contributed by atoms with van der Waals surface area (Å²) in [6.07, 6.45) is -0.446. The van der Waals surface area contributed by atoms with Crippen LogP contribution >= 0.6 is 0 Å². The summed E-state index contributed by atoms with van der Waals surface area (Å²) < 4.78 is 23.1. The van der Waals surface area contributed by atoms with E-state index in [-0.39, 0.29) is 25.2 Å². The van der Waals surface area contributed by atoms with Crippen LogP contribution in [0.2, 0.25) is 0 Å². The van der Waals surface area contributed by atoms with E-state index in [1.165, 1.54) is 6.92 Å². The third kappa shape index (κ3) is 5.66. The molecule has 0 radical (unpaired) electrons. The summed E-state index contributed by atoms with van der Waals surface area (Å²) in [5.41, 5.74) is 6.58. The Morgan fingerprint density at radius 2 is 1.77 bits per heavy atom. The van der Waals surface area contributed by atoms with Gasteiger partial charge in [-0.15, -0.1) is 0 Å². The second-order valence-electron chi connectivity index (χ2n) is 10.7. The van der Waals surface area contributed by atoms with E-state index in [0.29, 0.717) is 29.4 Å². The smallest absolute Gasteiger partial charge is 0.258 e. The van der Waals surface area contributed by atoms with Crippen molar-refractivity contribution in [3.05, 3.63) is 106 Å². The molecule has 1 atom stereocenters. The highest BCUT2D eigenvalue weighted by Gasteiger charge is 2.33. The number of nitrogens with one attached hydrogen (secondary N) is 2. The number of carbonyl (C=O) groups excluding carboxylic acids is 2. The van der Waals surface area contributed by atoms with E-state index >= 15 is 0 Å². The number of hydrogen-bond donors (Lipinski definition) is 2. The summed E-state index contributed by atoms with van der Waals surface area (Å²) in [5, 5.41) is 6.40. The van der Waals surface area contributed by atoms with Gasteiger partial charge in [0.2, 0.25) is 12.7 Å². The van der Waals surface area contributed by atoms with E-state index in [2.05, 4.69) is 10.6 Å². The normalized spacial score (nSPS) is 15.0. The van der Waals surface area contributed by atoms with Gasteiger partial charge in [-0.25, -0.2) is 0 Å². The maximum absolute atomic E-state index is 13.9. The quantitative estimate of drug-likeness (QED) is 0.251. The van der Waals surface area contributed by atoms with Crippen molar-refractivity contribution < 1.29 is 28.5 Å². The van der Waals surface area contributed by atoms with E-state index in [9.17, 15) is 9.59 Å². The molecule has 220 valence electrons. The van der Waals surface area contributed by atoms with Gasteiger partial charge in [-0.05, 0) is 84.6 Å². The SMILES string of the molecule is COc1ccc(C2Nc3ccccc3C(=O)N2Cc2ccc3c(c2)OCO3)cc1COc1c(C)cc(NC(C)=O)cc1C. The number of ether oxygens (including phenoxy) is 4. The van der Waals surface area contributed by atoms with Crippen molar-refractivity contribution in [3.63, 3.8) is 0 Å². The molecule has 0 aliphatic carbocycles. The van der Waals surface area contributed by atoms with Gasteiger partial charge >= 0.3 is 0 Å². The lowest BCUT2D eigenvalue weighted by molar-refractivity contribution is -0.114.